The molecule has 0 radical (unpaired) electrons. The minimum atomic E-state index is -0.180. The molecular weight excluding hydrogens is 203 g/mol. The summed E-state index contributed by atoms with van der Waals surface area (Å²) in [6.07, 6.45) is 3.88. The Hall–Kier alpha value is -1.09. The molecule has 1 aliphatic rings. The molecule has 1 atom stereocenters. The molecule has 1 fully saturated rings. The molecule has 0 spiro atoms. The monoisotopic (exact) mass is 222 g/mol. The van der Waals surface area contributed by atoms with E-state index in [1.54, 1.807) is 12.1 Å². The lowest BCUT2D eigenvalue weighted by molar-refractivity contribution is 0.194. The van der Waals surface area contributed by atoms with Gasteiger partial charge in [0.15, 0.2) is 0 Å². The summed E-state index contributed by atoms with van der Waals surface area (Å²) in [5, 5.41) is 3.36. The van der Waals surface area contributed by atoms with Gasteiger partial charge in [0.2, 0.25) is 0 Å². The van der Waals surface area contributed by atoms with Crippen LogP contribution in [0.25, 0.3) is 0 Å². The Morgan fingerprint density at radius 2 is 2.06 bits per heavy atom. The maximum Gasteiger partial charge on any atom is 0.123 e. The predicted molar refractivity (Wildman–Crippen MR) is 65.2 cm³/mol. The van der Waals surface area contributed by atoms with Crippen LogP contribution < -0.4 is 5.32 Å². The van der Waals surface area contributed by atoms with Crippen LogP contribution in [0.4, 0.5) is 10.1 Å². The number of rotatable bonds is 3. The first-order chi connectivity index (χ1) is 7.75. The van der Waals surface area contributed by atoms with Crippen molar-refractivity contribution < 1.29 is 4.39 Å². The normalized spacial score (nSPS) is 22.0. The van der Waals surface area contributed by atoms with Crippen molar-refractivity contribution in [3.05, 3.63) is 30.1 Å². The van der Waals surface area contributed by atoms with E-state index in [-0.39, 0.29) is 5.82 Å². The van der Waals surface area contributed by atoms with Crippen molar-refractivity contribution in [2.45, 2.75) is 25.3 Å². The summed E-state index contributed by atoms with van der Waals surface area (Å²) < 4.78 is 12.7. The number of hydrogen-bond donors (Lipinski definition) is 1. The number of nitrogens with one attached hydrogen (secondary N) is 1. The molecule has 2 nitrogen and oxygen atoms in total. The van der Waals surface area contributed by atoms with E-state index >= 15 is 0 Å². The molecule has 1 aliphatic heterocycles. The van der Waals surface area contributed by atoms with Crippen molar-refractivity contribution in [2.75, 3.05) is 25.5 Å². The van der Waals surface area contributed by atoms with Crippen LogP contribution in [0.1, 0.15) is 19.3 Å². The van der Waals surface area contributed by atoms with Crippen LogP contribution in [-0.4, -0.2) is 31.1 Å². The highest BCUT2D eigenvalue weighted by Crippen LogP contribution is 2.16. The van der Waals surface area contributed by atoms with Gasteiger partial charge >= 0.3 is 0 Å². The minimum Gasteiger partial charge on any atom is -0.383 e. The summed E-state index contributed by atoms with van der Waals surface area (Å²) in [5.74, 6) is -0.180. The second-order valence-electron chi connectivity index (χ2n) is 4.52. The highest BCUT2D eigenvalue weighted by Gasteiger charge is 2.17. The Balaban J connectivity index is 1.84. The number of benzene rings is 1. The van der Waals surface area contributed by atoms with Gasteiger partial charge in [-0.2, -0.15) is 0 Å². The Morgan fingerprint density at radius 3 is 2.75 bits per heavy atom. The van der Waals surface area contributed by atoms with Gasteiger partial charge < -0.3 is 10.2 Å². The molecule has 16 heavy (non-hydrogen) atoms. The average molecular weight is 222 g/mol. The van der Waals surface area contributed by atoms with E-state index in [1.807, 2.05) is 0 Å². The molecule has 1 N–H and O–H groups in total. The van der Waals surface area contributed by atoms with Gasteiger partial charge in [-0.15, -0.1) is 0 Å². The smallest absolute Gasteiger partial charge is 0.123 e. The molecule has 0 amide bonds. The van der Waals surface area contributed by atoms with Gasteiger partial charge in [0.25, 0.3) is 0 Å². The quantitative estimate of drug-likeness (QED) is 0.846. The molecule has 3 heteroatoms. The first kappa shape index (κ1) is 11.4. The van der Waals surface area contributed by atoms with Gasteiger partial charge in [-0.3, -0.25) is 0 Å². The Bertz CT molecular complexity index is 323. The van der Waals surface area contributed by atoms with Crippen molar-refractivity contribution in [3.8, 4) is 0 Å². The van der Waals surface area contributed by atoms with Crippen molar-refractivity contribution in [2.24, 2.45) is 0 Å². The van der Waals surface area contributed by atoms with Gasteiger partial charge in [0.1, 0.15) is 5.82 Å². The zero-order valence-corrected chi connectivity index (χ0v) is 9.75. The maximum atomic E-state index is 12.7. The highest BCUT2D eigenvalue weighted by atomic mass is 19.1. The SMILES string of the molecule is CN1CCCCC1CNc1ccc(F)cc1. The molecule has 0 saturated carbocycles. The Kier molecular flexibility index (Phi) is 3.78. The van der Waals surface area contributed by atoms with Gasteiger partial charge in [0, 0.05) is 18.3 Å². The fraction of sp³-hybridized carbons (Fsp3) is 0.538. The summed E-state index contributed by atoms with van der Waals surface area (Å²) in [5.41, 5.74) is 1.00. The Labute approximate surface area is 96.5 Å². The summed E-state index contributed by atoms with van der Waals surface area (Å²) in [6, 6.07) is 7.18. The van der Waals surface area contributed by atoms with Crippen LogP contribution in [0, 0.1) is 5.82 Å². The van der Waals surface area contributed by atoms with Crippen molar-refractivity contribution in [1.29, 1.82) is 0 Å². The molecule has 0 bridgehead atoms. The van der Waals surface area contributed by atoms with Crippen LogP contribution >= 0.6 is 0 Å². The van der Waals surface area contributed by atoms with Crippen molar-refractivity contribution in [3.63, 3.8) is 0 Å². The van der Waals surface area contributed by atoms with Crippen LogP contribution in [-0.2, 0) is 0 Å². The summed E-state index contributed by atoms with van der Waals surface area (Å²) in [4.78, 5) is 2.40. The number of nitrogens with zero attached hydrogens (tertiary/aromatic N) is 1. The first-order valence-electron chi connectivity index (χ1n) is 5.95. The maximum absolute atomic E-state index is 12.7. The summed E-state index contributed by atoms with van der Waals surface area (Å²) >= 11 is 0. The first-order valence-corrected chi connectivity index (χ1v) is 5.95. The van der Waals surface area contributed by atoms with E-state index < -0.39 is 0 Å². The zero-order valence-electron chi connectivity index (χ0n) is 9.75. The van der Waals surface area contributed by atoms with Crippen LogP contribution in [0.3, 0.4) is 0 Å². The third kappa shape index (κ3) is 2.95. The predicted octanol–water partition coefficient (Wildman–Crippen LogP) is 2.72. The van der Waals surface area contributed by atoms with Gasteiger partial charge in [0.05, 0.1) is 0 Å². The number of anilines is 1. The topological polar surface area (TPSA) is 15.3 Å². The standard InChI is InChI=1S/C13H19FN2/c1-16-9-3-2-4-13(16)10-15-12-7-5-11(14)6-8-12/h5-8,13,15H,2-4,9-10H2,1H3. The highest BCUT2D eigenvalue weighted by molar-refractivity contribution is 5.42. The number of piperidine rings is 1. The number of halogens is 1. The van der Waals surface area contributed by atoms with E-state index in [0.29, 0.717) is 6.04 Å². The van der Waals surface area contributed by atoms with Crippen molar-refractivity contribution in [1.82, 2.24) is 4.90 Å². The van der Waals surface area contributed by atoms with Gasteiger partial charge in [-0.05, 0) is 50.7 Å². The zero-order chi connectivity index (χ0) is 11.4. The van der Waals surface area contributed by atoms with Gasteiger partial charge in [-0.1, -0.05) is 6.42 Å². The van der Waals surface area contributed by atoms with Crippen LogP contribution in [0.15, 0.2) is 24.3 Å². The molecule has 88 valence electrons. The minimum absolute atomic E-state index is 0.180. The molecule has 1 heterocycles. The van der Waals surface area contributed by atoms with Crippen LogP contribution in [0.5, 0.6) is 0 Å². The molecular formula is C13H19FN2. The number of hydrogen-bond acceptors (Lipinski definition) is 2. The molecule has 0 aromatic heterocycles. The van der Waals surface area contributed by atoms with E-state index in [1.165, 1.54) is 37.9 Å². The average Bonchev–Trinajstić information content (AvgIpc) is 2.30. The molecule has 1 saturated heterocycles. The molecule has 1 unspecified atom stereocenters. The van der Waals surface area contributed by atoms with E-state index in [4.69, 9.17) is 0 Å². The fourth-order valence-corrected chi connectivity index (χ4v) is 2.21. The van der Waals surface area contributed by atoms with Crippen LogP contribution in [0.2, 0.25) is 0 Å². The third-order valence-corrected chi connectivity index (χ3v) is 3.31. The molecule has 1 aromatic carbocycles. The molecule has 1 aromatic rings. The summed E-state index contributed by atoms with van der Waals surface area (Å²) in [6.45, 7) is 2.14. The third-order valence-electron chi connectivity index (χ3n) is 3.31. The van der Waals surface area contributed by atoms with E-state index in [9.17, 15) is 4.39 Å². The second kappa shape index (κ2) is 5.30. The second-order valence-corrected chi connectivity index (χ2v) is 4.52. The summed E-state index contributed by atoms with van der Waals surface area (Å²) in [7, 11) is 2.18. The lowest BCUT2D eigenvalue weighted by atomic mass is 10.0. The van der Waals surface area contributed by atoms with Gasteiger partial charge in [-0.25, -0.2) is 4.39 Å². The lowest BCUT2D eigenvalue weighted by Gasteiger charge is -2.32. The van der Waals surface area contributed by atoms with E-state index in [2.05, 4.69) is 17.3 Å². The molecule has 2 rings (SSSR count). The van der Waals surface area contributed by atoms with E-state index in [0.717, 1.165) is 12.2 Å². The lowest BCUT2D eigenvalue weighted by Crippen LogP contribution is -2.40. The largest absolute Gasteiger partial charge is 0.383 e. The number of likely N-dealkylation sites (N-methyl/N-ethyl adjacent to an activating group) is 1. The Morgan fingerprint density at radius 1 is 1.31 bits per heavy atom. The molecule has 0 aliphatic carbocycles. The fourth-order valence-electron chi connectivity index (χ4n) is 2.21. The van der Waals surface area contributed by atoms with Crippen molar-refractivity contribution >= 4 is 5.69 Å². The number of likely N-dealkylation sites (tertiary alicyclic amines) is 1.